The molecule has 1 atom stereocenters. The smallest absolute Gasteiger partial charge is 0.137 e. The van der Waals surface area contributed by atoms with E-state index in [-0.39, 0.29) is 0 Å². The second-order valence-electron chi connectivity index (χ2n) is 7.28. The zero-order valence-corrected chi connectivity index (χ0v) is 16.0. The molecule has 0 amide bonds. The Kier molecular flexibility index (Phi) is 5.50. The Morgan fingerprint density at radius 1 is 0.926 bits per heavy atom. The van der Waals surface area contributed by atoms with Gasteiger partial charge in [0.2, 0.25) is 0 Å². The average molecular weight is 358 g/mol. The van der Waals surface area contributed by atoms with Gasteiger partial charge >= 0.3 is 0 Å². The molecular formula is C24H27N3. The van der Waals surface area contributed by atoms with E-state index in [1.807, 2.05) is 6.20 Å². The van der Waals surface area contributed by atoms with E-state index < -0.39 is 0 Å². The number of hydrogen-bond acceptors (Lipinski definition) is 3. The molecule has 4 rings (SSSR count). The number of anilines is 2. The van der Waals surface area contributed by atoms with Gasteiger partial charge in [0.25, 0.3) is 0 Å². The average Bonchev–Trinajstić information content (AvgIpc) is 2.75. The first-order valence-corrected chi connectivity index (χ1v) is 9.84. The molecule has 2 aromatic carbocycles. The Morgan fingerprint density at radius 2 is 1.67 bits per heavy atom. The first-order valence-electron chi connectivity index (χ1n) is 9.84. The summed E-state index contributed by atoms with van der Waals surface area (Å²) < 4.78 is 0. The number of hydrogen-bond donors (Lipinski definition) is 0. The van der Waals surface area contributed by atoms with E-state index in [2.05, 4.69) is 89.6 Å². The highest BCUT2D eigenvalue weighted by atomic mass is 15.2. The van der Waals surface area contributed by atoms with Gasteiger partial charge in [-0.2, -0.15) is 0 Å². The van der Waals surface area contributed by atoms with Crippen molar-refractivity contribution in [3.05, 3.63) is 90.1 Å². The minimum Gasteiger partial charge on any atom is -0.329 e. The van der Waals surface area contributed by atoms with Crippen molar-refractivity contribution in [2.24, 2.45) is 0 Å². The monoisotopic (exact) mass is 357 g/mol. The van der Waals surface area contributed by atoms with Gasteiger partial charge in [-0.25, -0.2) is 4.98 Å². The topological polar surface area (TPSA) is 19.4 Å². The van der Waals surface area contributed by atoms with Crippen LogP contribution in [-0.2, 0) is 6.54 Å². The number of piperidine rings is 1. The van der Waals surface area contributed by atoms with Gasteiger partial charge in [0.05, 0.1) is 0 Å². The highest BCUT2D eigenvalue weighted by Gasteiger charge is 2.27. The third-order valence-electron chi connectivity index (χ3n) is 5.48. The third kappa shape index (κ3) is 4.04. The van der Waals surface area contributed by atoms with Crippen molar-refractivity contribution in [3.8, 4) is 0 Å². The molecule has 0 aliphatic carbocycles. The van der Waals surface area contributed by atoms with Crippen LogP contribution in [0.4, 0.5) is 11.5 Å². The number of rotatable bonds is 5. The molecule has 0 saturated carbocycles. The van der Waals surface area contributed by atoms with E-state index in [9.17, 15) is 0 Å². The normalized spacial score (nSPS) is 17.6. The lowest BCUT2D eigenvalue weighted by molar-refractivity contribution is 0.140. The van der Waals surface area contributed by atoms with Gasteiger partial charge in [-0.05, 0) is 43.1 Å². The molecule has 1 aliphatic rings. The zero-order chi connectivity index (χ0) is 18.5. The Labute approximate surface area is 162 Å². The van der Waals surface area contributed by atoms with Crippen LogP contribution in [0.25, 0.3) is 0 Å². The van der Waals surface area contributed by atoms with Crippen molar-refractivity contribution in [3.63, 3.8) is 0 Å². The first kappa shape index (κ1) is 17.7. The second-order valence-corrected chi connectivity index (χ2v) is 7.28. The number of para-hydroxylation sites is 1. The SMILES string of the molecule is CN(c1ccccc1)c1ncccc1[C@@H]1CCCCN1Cc1ccccc1. The summed E-state index contributed by atoms with van der Waals surface area (Å²) >= 11 is 0. The quantitative estimate of drug-likeness (QED) is 0.594. The molecule has 0 N–H and O–H groups in total. The Morgan fingerprint density at radius 3 is 2.44 bits per heavy atom. The van der Waals surface area contributed by atoms with E-state index in [1.54, 1.807) is 0 Å². The van der Waals surface area contributed by atoms with E-state index in [4.69, 9.17) is 4.98 Å². The van der Waals surface area contributed by atoms with Crippen molar-refractivity contribution in [1.82, 2.24) is 9.88 Å². The lowest BCUT2D eigenvalue weighted by atomic mass is 9.94. The molecule has 3 aromatic rings. The van der Waals surface area contributed by atoms with Gasteiger partial charge in [0.15, 0.2) is 0 Å². The van der Waals surface area contributed by atoms with Gasteiger partial charge < -0.3 is 4.90 Å². The second kappa shape index (κ2) is 8.36. The molecule has 0 radical (unpaired) electrons. The molecule has 3 heteroatoms. The lowest BCUT2D eigenvalue weighted by Gasteiger charge is -2.37. The molecule has 3 nitrogen and oxygen atoms in total. The van der Waals surface area contributed by atoms with E-state index in [0.29, 0.717) is 6.04 Å². The van der Waals surface area contributed by atoms with Gasteiger partial charge in [0.1, 0.15) is 5.82 Å². The van der Waals surface area contributed by atoms with Crippen LogP contribution in [0.2, 0.25) is 0 Å². The number of likely N-dealkylation sites (tertiary alicyclic amines) is 1. The minimum atomic E-state index is 0.411. The molecule has 1 aromatic heterocycles. The molecule has 0 unspecified atom stereocenters. The molecule has 1 fully saturated rings. The van der Waals surface area contributed by atoms with Crippen molar-refractivity contribution in [1.29, 1.82) is 0 Å². The summed E-state index contributed by atoms with van der Waals surface area (Å²) in [7, 11) is 2.12. The fourth-order valence-electron chi connectivity index (χ4n) is 4.07. The van der Waals surface area contributed by atoms with Crippen molar-refractivity contribution in [2.75, 3.05) is 18.5 Å². The molecular weight excluding hydrogens is 330 g/mol. The van der Waals surface area contributed by atoms with Crippen LogP contribution in [-0.4, -0.2) is 23.5 Å². The number of pyridine rings is 1. The van der Waals surface area contributed by atoms with Gasteiger partial charge in [0, 0.05) is 37.1 Å². The predicted molar refractivity (Wildman–Crippen MR) is 112 cm³/mol. The summed E-state index contributed by atoms with van der Waals surface area (Å²) in [4.78, 5) is 9.61. The Balaban J connectivity index is 1.65. The molecule has 1 aliphatic heterocycles. The van der Waals surface area contributed by atoms with Crippen LogP contribution >= 0.6 is 0 Å². The van der Waals surface area contributed by atoms with Crippen molar-refractivity contribution in [2.45, 2.75) is 31.8 Å². The number of benzene rings is 2. The Bertz CT molecular complexity index is 848. The van der Waals surface area contributed by atoms with Crippen molar-refractivity contribution >= 4 is 11.5 Å². The van der Waals surface area contributed by atoms with Gasteiger partial charge in [-0.3, -0.25) is 4.90 Å². The summed E-state index contributed by atoms with van der Waals surface area (Å²) in [6.45, 7) is 2.14. The maximum absolute atomic E-state index is 4.77. The van der Waals surface area contributed by atoms with Crippen LogP contribution in [0, 0.1) is 0 Å². The molecule has 0 spiro atoms. The predicted octanol–water partition coefficient (Wildman–Crippen LogP) is 5.58. The largest absolute Gasteiger partial charge is 0.329 e. The fourth-order valence-corrected chi connectivity index (χ4v) is 4.07. The van der Waals surface area contributed by atoms with E-state index in [1.165, 1.54) is 36.1 Å². The van der Waals surface area contributed by atoms with Crippen LogP contribution in [0.3, 0.4) is 0 Å². The molecule has 27 heavy (non-hydrogen) atoms. The number of aromatic nitrogens is 1. The van der Waals surface area contributed by atoms with Crippen LogP contribution in [0.5, 0.6) is 0 Å². The summed E-state index contributed by atoms with van der Waals surface area (Å²) in [6.07, 6.45) is 5.64. The third-order valence-corrected chi connectivity index (χ3v) is 5.48. The minimum absolute atomic E-state index is 0.411. The number of nitrogens with zero attached hydrogens (tertiary/aromatic N) is 3. The zero-order valence-electron chi connectivity index (χ0n) is 16.0. The standard InChI is InChI=1S/C24H27N3/c1-26(21-13-6-3-7-14-21)24-22(15-10-17-25-24)23-16-8-9-18-27(23)19-20-11-4-2-5-12-20/h2-7,10-15,17,23H,8-9,16,18-19H2,1H3/t23-/m0/s1. The summed E-state index contributed by atoms with van der Waals surface area (Å²) in [5.41, 5.74) is 3.88. The van der Waals surface area contributed by atoms with Crippen LogP contribution < -0.4 is 4.90 Å². The molecule has 0 bridgehead atoms. The first-order chi connectivity index (χ1) is 13.3. The molecule has 1 saturated heterocycles. The van der Waals surface area contributed by atoms with Gasteiger partial charge in [-0.15, -0.1) is 0 Å². The van der Waals surface area contributed by atoms with Gasteiger partial charge in [-0.1, -0.05) is 61.0 Å². The van der Waals surface area contributed by atoms with Crippen LogP contribution in [0.15, 0.2) is 79.0 Å². The summed E-state index contributed by atoms with van der Waals surface area (Å²) in [5, 5.41) is 0. The molecule has 138 valence electrons. The summed E-state index contributed by atoms with van der Waals surface area (Å²) in [5.74, 6) is 1.06. The van der Waals surface area contributed by atoms with E-state index in [0.717, 1.165) is 18.9 Å². The Hall–Kier alpha value is -2.65. The van der Waals surface area contributed by atoms with E-state index >= 15 is 0 Å². The lowest BCUT2D eigenvalue weighted by Crippen LogP contribution is -2.34. The highest BCUT2D eigenvalue weighted by molar-refractivity contribution is 5.62. The highest BCUT2D eigenvalue weighted by Crippen LogP contribution is 2.37. The molecule has 2 heterocycles. The fraction of sp³-hybridized carbons (Fsp3) is 0.292. The van der Waals surface area contributed by atoms with Crippen molar-refractivity contribution < 1.29 is 0 Å². The van der Waals surface area contributed by atoms with Crippen LogP contribution in [0.1, 0.15) is 36.4 Å². The summed E-state index contributed by atoms with van der Waals surface area (Å²) in [6, 6.07) is 26.1. The maximum Gasteiger partial charge on any atom is 0.137 e. The maximum atomic E-state index is 4.77.